The number of hydrogen-bond donors (Lipinski definition) is 0. The SMILES string of the molecule is Brc1ccc(-c2cccc(-c3ccc(Br)cc3)[s+]2)cc1.[O-][Cl+3]([O-])([O-])[O-]. The second-order valence-corrected chi connectivity index (χ2v) is 8.42. The first-order valence-electron chi connectivity index (χ1n) is 6.79. The largest absolute Gasteiger partial charge is 0.238 e. The highest BCUT2D eigenvalue weighted by Gasteiger charge is 2.15. The molecule has 0 saturated carbocycles. The lowest BCUT2D eigenvalue weighted by atomic mass is 10.1. The first-order valence-corrected chi connectivity index (χ1v) is 10.4. The van der Waals surface area contributed by atoms with Gasteiger partial charge in [-0.1, -0.05) is 37.9 Å². The molecule has 0 unspecified atom stereocenters. The number of rotatable bonds is 2. The third-order valence-corrected chi connectivity index (χ3v) is 5.21. The average molecular weight is 507 g/mol. The minimum absolute atomic E-state index is 1.11. The van der Waals surface area contributed by atoms with Crippen LogP contribution in [0, 0.1) is 10.2 Å². The Labute approximate surface area is 168 Å². The molecule has 0 aliphatic heterocycles. The van der Waals surface area contributed by atoms with E-state index in [1.54, 1.807) is 0 Å². The van der Waals surface area contributed by atoms with Gasteiger partial charge in [0.15, 0.2) is 0 Å². The highest BCUT2D eigenvalue weighted by molar-refractivity contribution is 9.10. The molecular weight excluding hydrogens is 496 g/mol. The van der Waals surface area contributed by atoms with Crippen LogP contribution < -0.4 is 18.6 Å². The fourth-order valence-electron chi connectivity index (χ4n) is 1.95. The van der Waals surface area contributed by atoms with E-state index < -0.39 is 10.2 Å². The molecule has 0 bridgehead atoms. The van der Waals surface area contributed by atoms with Crippen LogP contribution in [0.1, 0.15) is 0 Å². The van der Waals surface area contributed by atoms with Gasteiger partial charge < -0.3 is 0 Å². The molecule has 0 aliphatic carbocycles. The lowest BCUT2D eigenvalue weighted by molar-refractivity contribution is -2.00. The van der Waals surface area contributed by atoms with E-state index in [-0.39, 0.29) is 0 Å². The molecule has 4 nitrogen and oxygen atoms in total. The van der Waals surface area contributed by atoms with E-state index in [0.717, 1.165) is 8.95 Å². The Morgan fingerprint density at radius 1 is 0.600 bits per heavy atom. The highest BCUT2D eigenvalue weighted by Crippen LogP contribution is 2.33. The van der Waals surface area contributed by atoms with Crippen LogP contribution >= 0.6 is 43.2 Å². The van der Waals surface area contributed by atoms with Crippen LogP contribution in [0.4, 0.5) is 0 Å². The van der Waals surface area contributed by atoms with Gasteiger partial charge >= 0.3 is 0 Å². The van der Waals surface area contributed by atoms with Gasteiger partial charge in [-0.15, -0.1) is 10.2 Å². The summed E-state index contributed by atoms with van der Waals surface area (Å²) < 4.78 is 36.2. The molecule has 1 heterocycles. The van der Waals surface area contributed by atoms with Crippen LogP contribution in [0.3, 0.4) is 0 Å². The first kappa shape index (κ1) is 20.4. The van der Waals surface area contributed by atoms with Crippen LogP contribution in [0.5, 0.6) is 0 Å². The van der Waals surface area contributed by atoms with Gasteiger partial charge in [0.2, 0.25) is 21.1 Å². The second kappa shape index (κ2) is 9.16. The first-order chi connectivity index (χ1) is 11.7. The van der Waals surface area contributed by atoms with Crippen LogP contribution in [0.25, 0.3) is 20.9 Å². The summed E-state index contributed by atoms with van der Waals surface area (Å²) in [6, 6.07) is 23.3. The minimum atomic E-state index is -4.94. The predicted molar refractivity (Wildman–Crippen MR) is 95.0 cm³/mol. The third kappa shape index (κ3) is 7.47. The average Bonchev–Trinajstić information content (AvgIpc) is 2.55. The van der Waals surface area contributed by atoms with Crippen molar-refractivity contribution in [3.05, 3.63) is 75.7 Å². The summed E-state index contributed by atoms with van der Waals surface area (Å²) in [4.78, 5) is 2.55. The quantitative estimate of drug-likeness (QED) is 0.498. The molecule has 0 atom stereocenters. The van der Waals surface area contributed by atoms with Crippen LogP contribution in [-0.2, 0) is 0 Å². The summed E-state index contributed by atoms with van der Waals surface area (Å²) in [5.74, 6) is 0. The Hall–Kier alpha value is -0.900. The maximum atomic E-state index is 8.49. The van der Waals surface area contributed by atoms with Crippen molar-refractivity contribution in [3.8, 4) is 20.9 Å². The Kier molecular flexibility index (Phi) is 7.48. The summed E-state index contributed by atoms with van der Waals surface area (Å²) in [7, 11) is -4.94. The summed E-state index contributed by atoms with van der Waals surface area (Å²) >= 11 is 8.76. The van der Waals surface area contributed by atoms with Gasteiger partial charge in [-0.25, -0.2) is 18.6 Å². The van der Waals surface area contributed by atoms with Crippen LogP contribution in [0.2, 0.25) is 0 Å². The van der Waals surface area contributed by atoms with E-state index in [1.807, 2.05) is 11.3 Å². The maximum absolute atomic E-state index is 8.49. The topological polar surface area (TPSA) is 92.2 Å². The zero-order chi connectivity index (χ0) is 18.4. The van der Waals surface area contributed by atoms with E-state index in [9.17, 15) is 0 Å². The number of hydrogen-bond acceptors (Lipinski definition) is 4. The van der Waals surface area contributed by atoms with Gasteiger partial charge in [0, 0.05) is 32.2 Å². The summed E-state index contributed by atoms with van der Waals surface area (Å²) in [5, 5.41) is 0. The molecule has 2 aromatic carbocycles. The predicted octanol–water partition coefficient (Wildman–Crippen LogP) is 2.13. The van der Waals surface area contributed by atoms with E-state index in [0.29, 0.717) is 0 Å². The fourth-order valence-corrected chi connectivity index (χ4v) is 3.51. The molecule has 3 aromatic rings. The van der Waals surface area contributed by atoms with E-state index in [4.69, 9.17) is 18.6 Å². The lowest BCUT2D eigenvalue weighted by Crippen LogP contribution is -2.68. The van der Waals surface area contributed by atoms with Gasteiger partial charge in [0.1, 0.15) is 0 Å². The molecule has 3 rings (SSSR count). The molecule has 0 N–H and O–H groups in total. The summed E-state index contributed by atoms with van der Waals surface area (Å²) in [6.07, 6.45) is 0. The fraction of sp³-hybridized carbons (Fsp3) is 0. The van der Waals surface area contributed by atoms with E-state index in [2.05, 4.69) is 98.6 Å². The zero-order valence-electron chi connectivity index (χ0n) is 12.5. The standard InChI is InChI=1S/C17H11Br2S.ClHO4/c18-14-8-4-12(5-9-14)16-2-1-3-17(20-16)13-6-10-15(19)11-7-13;2-1(3,4)5/h1-11H;(H,2,3,4,5)/q+1;/p-1. The van der Waals surface area contributed by atoms with Gasteiger partial charge in [-0.3, -0.25) is 0 Å². The van der Waals surface area contributed by atoms with Crippen molar-refractivity contribution in [2.75, 3.05) is 0 Å². The second-order valence-electron chi connectivity index (χ2n) is 4.75. The Morgan fingerprint density at radius 3 is 1.24 bits per heavy atom. The molecule has 8 heteroatoms. The summed E-state index contributed by atoms with van der Waals surface area (Å²) in [5.41, 5.74) is 2.49. The van der Waals surface area contributed by atoms with Crippen molar-refractivity contribution < 1.29 is 28.9 Å². The van der Waals surface area contributed by atoms with Crippen molar-refractivity contribution >= 4 is 43.2 Å². The molecule has 0 spiro atoms. The molecule has 0 saturated heterocycles. The van der Waals surface area contributed by atoms with Gasteiger partial charge in [0.25, 0.3) is 0 Å². The van der Waals surface area contributed by atoms with E-state index in [1.165, 1.54) is 20.9 Å². The lowest BCUT2D eigenvalue weighted by Gasteiger charge is -2.17. The van der Waals surface area contributed by atoms with Gasteiger partial charge in [-0.2, -0.15) is 0 Å². The Balaban J connectivity index is 0.000000399. The molecule has 0 aliphatic rings. The zero-order valence-corrected chi connectivity index (χ0v) is 17.3. The molecular formula is C17H11Br2ClO4S. The van der Waals surface area contributed by atoms with Crippen LogP contribution in [-0.4, -0.2) is 0 Å². The van der Waals surface area contributed by atoms with Crippen molar-refractivity contribution in [1.29, 1.82) is 0 Å². The van der Waals surface area contributed by atoms with Crippen molar-refractivity contribution in [2.24, 2.45) is 0 Å². The molecule has 0 radical (unpaired) electrons. The third-order valence-electron chi connectivity index (χ3n) is 2.97. The molecule has 130 valence electrons. The minimum Gasteiger partial charge on any atom is -0.222 e. The van der Waals surface area contributed by atoms with Crippen molar-refractivity contribution in [2.45, 2.75) is 0 Å². The Bertz CT molecular complexity index is 755. The van der Waals surface area contributed by atoms with E-state index >= 15 is 0 Å². The molecule has 25 heavy (non-hydrogen) atoms. The Morgan fingerprint density at radius 2 is 0.920 bits per heavy atom. The smallest absolute Gasteiger partial charge is 0.222 e. The van der Waals surface area contributed by atoms with Crippen molar-refractivity contribution in [1.82, 2.24) is 0 Å². The van der Waals surface area contributed by atoms with Gasteiger partial charge in [-0.05, 0) is 48.5 Å². The van der Waals surface area contributed by atoms with Gasteiger partial charge in [0.05, 0.1) is 0 Å². The number of benzene rings is 2. The molecule has 1 aromatic heterocycles. The van der Waals surface area contributed by atoms with Crippen LogP contribution in [0.15, 0.2) is 75.7 Å². The molecule has 0 fully saturated rings. The highest BCUT2D eigenvalue weighted by atomic mass is 79.9. The normalized spacial score (nSPS) is 10.8. The molecule has 0 amide bonds. The summed E-state index contributed by atoms with van der Waals surface area (Å²) in [6.45, 7) is 0. The van der Waals surface area contributed by atoms with Crippen molar-refractivity contribution in [3.63, 3.8) is 0 Å². The maximum Gasteiger partial charge on any atom is 0.238 e. The monoisotopic (exact) mass is 504 g/mol. The number of halogens is 3.